The van der Waals surface area contributed by atoms with Gasteiger partial charge in [0.1, 0.15) is 23.0 Å². The van der Waals surface area contributed by atoms with E-state index in [9.17, 15) is 14.7 Å². The van der Waals surface area contributed by atoms with Crippen LogP contribution in [0.1, 0.15) is 47.2 Å². The first-order valence-electron chi connectivity index (χ1n) is 10.8. The number of aromatic nitrogens is 3. The van der Waals surface area contributed by atoms with Gasteiger partial charge in [0.2, 0.25) is 5.88 Å². The van der Waals surface area contributed by atoms with Gasteiger partial charge in [0.25, 0.3) is 11.5 Å². The van der Waals surface area contributed by atoms with Crippen LogP contribution in [0.5, 0.6) is 17.4 Å². The fraction of sp³-hybridized carbons (Fsp3) is 0.333. The number of hydrogen-bond acceptors (Lipinski definition) is 7. The highest BCUT2D eigenvalue weighted by Gasteiger charge is 2.32. The van der Waals surface area contributed by atoms with Crippen LogP contribution in [0.25, 0.3) is 5.69 Å². The number of amides is 1. The summed E-state index contributed by atoms with van der Waals surface area (Å²) in [6.45, 7) is 2.57. The molecule has 0 spiro atoms. The maximum Gasteiger partial charge on any atom is 0.289 e. The van der Waals surface area contributed by atoms with E-state index in [-0.39, 0.29) is 6.54 Å². The number of carbonyl (C=O) groups excluding carboxylic acids is 1. The first-order chi connectivity index (χ1) is 16.0. The highest BCUT2D eigenvalue weighted by atomic mass is 16.5. The highest BCUT2D eigenvalue weighted by Crippen LogP contribution is 2.37. The molecule has 2 aromatic heterocycles. The molecule has 1 amide bonds. The first kappa shape index (κ1) is 22.3. The van der Waals surface area contributed by atoms with Gasteiger partial charge in [0.05, 0.1) is 26.5 Å². The van der Waals surface area contributed by atoms with Crippen LogP contribution in [0.15, 0.2) is 41.3 Å². The Labute approximate surface area is 191 Å². The van der Waals surface area contributed by atoms with E-state index in [2.05, 4.69) is 9.97 Å². The Morgan fingerprint density at radius 1 is 1.12 bits per heavy atom. The molecule has 1 aliphatic heterocycles. The zero-order valence-corrected chi connectivity index (χ0v) is 18.9. The minimum atomic E-state index is -0.766. The Hall–Kier alpha value is -3.88. The van der Waals surface area contributed by atoms with Gasteiger partial charge in [0.15, 0.2) is 5.56 Å². The average Bonchev–Trinajstić information content (AvgIpc) is 3.26. The van der Waals surface area contributed by atoms with E-state index in [0.29, 0.717) is 36.0 Å². The smallest absolute Gasteiger partial charge is 0.289 e. The van der Waals surface area contributed by atoms with Gasteiger partial charge in [-0.05, 0) is 30.2 Å². The van der Waals surface area contributed by atoms with E-state index in [0.717, 1.165) is 24.1 Å². The van der Waals surface area contributed by atoms with Crippen molar-refractivity contribution in [3.63, 3.8) is 0 Å². The van der Waals surface area contributed by atoms with Crippen molar-refractivity contribution >= 4 is 5.91 Å². The second-order valence-electron chi connectivity index (χ2n) is 7.75. The minimum absolute atomic E-state index is 0.253. The summed E-state index contributed by atoms with van der Waals surface area (Å²) in [6, 6.07) is 8.86. The van der Waals surface area contributed by atoms with E-state index in [1.165, 1.54) is 23.7 Å². The van der Waals surface area contributed by atoms with E-state index >= 15 is 0 Å². The summed E-state index contributed by atoms with van der Waals surface area (Å²) in [7, 11) is 3.00. The van der Waals surface area contributed by atoms with Crippen molar-refractivity contribution in [1.29, 1.82) is 0 Å². The number of methoxy groups -OCH3 is 2. The number of nitrogens with zero attached hydrogens (tertiary/aromatic N) is 4. The number of fused-ring (bicyclic) bond motifs is 1. The van der Waals surface area contributed by atoms with Crippen LogP contribution in [-0.4, -0.2) is 44.7 Å². The Morgan fingerprint density at radius 3 is 2.48 bits per heavy atom. The molecule has 0 fully saturated rings. The van der Waals surface area contributed by atoms with E-state index in [1.54, 1.807) is 30.5 Å². The Balaban J connectivity index is 1.88. The number of benzene rings is 1. The normalized spacial score (nSPS) is 12.5. The maximum absolute atomic E-state index is 13.4. The van der Waals surface area contributed by atoms with Crippen molar-refractivity contribution in [3.8, 4) is 23.1 Å². The summed E-state index contributed by atoms with van der Waals surface area (Å²) in [4.78, 5) is 36.4. The Kier molecular flexibility index (Phi) is 6.30. The molecule has 0 atom stereocenters. The van der Waals surface area contributed by atoms with Crippen molar-refractivity contribution < 1.29 is 19.4 Å². The topological polar surface area (TPSA) is 107 Å². The number of ether oxygens (including phenoxy) is 2. The van der Waals surface area contributed by atoms with Crippen molar-refractivity contribution in [3.05, 3.63) is 69.5 Å². The molecule has 0 saturated carbocycles. The number of aryl methyl sites for hydroxylation is 1. The lowest BCUT2D eigenvalue weighted by Crippen LogP contribution is -2.33. The van der Waals surface area contributed by atoms with Crippen molar-refractivity contribution in [2.75, 3.05) is 14.2 Å². The van der Waals surface area contributed by atoms with Crippen LogP contribution in [0.2, 0.25) is 0 Å². The second-order valence-corrected chi connectivity index (χ2v) is 7.75. The average molecular weight is 450 g/mol. The third-order valence-electron chi connectivity index (χ3n) is 5.70. The lowest BCUT2D eigenvalue weighted by Gasteiger charge is -2.22. The molecule has 1 aliphatic rings. The monoisotopic (exact) mass is 450 g/mol. The lowest BCUT2D eigenvalue weighted by molar-refractivity contribution is 0.0743. The molecule has 4 rings (SSSR count). The quantitative estimate of drug-likeness (QED) is 0.590. The Morgan fingerprint density at radius 2 is 1.85 bits per heavy atom. The van der Waals surface area contributed by atoms with Gasteiger partial charge in [0, 0.05) is 19.2 Å². The third kappa shape index (κ3) is 4.02. The van der Waals surface area contributed by atoms with Crippen LogP contribution in [0.4, 0.5) is 0 Å². The van der Waals surface area contributed by atoms with E-state index in [1.807, 2.05) is 13.0 Å². The molecule has 172 valence electrons. The molecule has 1 N–H and O–H groups in total. The van der Waals surface area contributed by atoms with E-state index < -0.39 is 22.9 Å². The number of para-hydroxylation sites is 1. The number of carbonyl (C=O) groups is 1. The zero-order chi connectivity index (χ0) is 23.5. The molecule has 0 aliphatic carbocycles. The predicted molar refractivity (Wildman–Crippen MR) is 121 cm³/mol. The molecule has 3 aromatic rings. The van der Waals surface area contributed by atoms with Crippen molar-refractivity contribution in [2.24, 2.45) is 0 Å². The molecule has 1 aromatic carbocycles. The largest absolute Gasteiger partial charge is 0.494 e. The zero-order valence-electron chi connectivity index (χ0n) is 18.9. The molecule has 3 heterocycles. The summed E-state index contributed by atoms with van der Waals surface area (Å²) in [6.07, 6.45) is 3.69. The maximum atomic E-state index is 13.4. The number of pyridine rings is 1. The number of unbranched alkanes of at least 4 members (excludes halogenated alkanes) is 1. The predicted octanol–water partition coefficient (Wildman–Crippen LogP) is 2.85. The van der Waals surface area contributed by atoms with Gasteiger partial charge in [-0.1, -0.05) is 25.5 Å². The van der Waals surface area contributed by atoms with E-state index in [4.69, 9.17) is 9.47 Å². The van der Waals surface area contributed by atoms with Crippen molar-refractivity contribution in [2.45, 2.75) is 39.3 Å². The van der Waals surface area contributed by atoms with Gasteiger partial charge >= 0.3 is 0 Å². The number of aromatic hydroxyl groups is 1. The fourth-order valence-electron chi connectivity index (χ4n) is 4.03. The molecule has 0 radical (unpaired) electrons. The van der Waals surface area contributed by atoms with Crippen LogP contribution < -0.4 is 15.0 Å². The van der Waals surface area contributed by atoms with Gasteiger partial charge in [-0.2, -0.15) is 4.98 Å². The molecular formula is C24H26N4O5. The Bertz CT molecular complexity index is 1210. The van der Waals surface area contributed by atoms with Crippen LogP contribution >= 0.6 is 0 Å². The molecule has 33 heavy (non-hydrogen) atoms. The van der Waals surface area contributed by atoms with Crippen molar-refractivity contribution in [1.82, 2.24) is 19.4 Å². The van der Waals surface area contributed by atoms with Crippen LogP contribution in [-0.2, 0) is 19.5 Å². The fourth-order valence-corrected chi connectivity index (χ4v) is 4.03. The molecule has 0 bridgehead atoms. The summed E-state index contributed by atoms with van der Waals surface area (Å²) < 4.78 is 12.4. The third-order valence-corrected chi connectivity index (χ3v) is 5.70. The molecule has 0 saturated heterocycles. The number of rotatable bonds is 7. The van der Waals surface area contributed by atoms with Crippen LogP contribution in [0.3, 0.4) is 0 Å². The summed E-state index contributed by atoms with van der Waals surface area (Å²) in [5.41, 5.74) is 0.891. The van der Waals surface area contributed by atoms with Gasteiger partial charge in [-0.25, -0.2) is 0 Å². The first-order valence-corrected chi connectivity index (χ1v) is 10.8. The van der Waals surface area contributed by atoms with Gasteiger partial charge < -0.3 is 19.5 Å². The summed E-state index contributed by atoms with van der Waals surface area (Å²) in [5, 5.41) is 11.3. The minimum Gasteiger partial charge on any atom is -0.494 e. The molecule has 9 nitrogen and oxygen atoms in total. The van der Waals surface area contributed by atoms with Crippen LogP contribution in [0, 0.1) is 0 Å². The lowest BCUT2D eigenvalue weighted by atomic mass is 10.2. The molecular weight excluding hydrogens is 424 g/mol. The molecule has 9 heteroatoms. The highest BCUT2D eigenvalue weighted by molar-refractivity contribution is 5.96. The summed E-state index contributed by atoms with van der Waals surface area (Å²) >= 11 is 0. The summed E-state index contributed by atoms with van der Waals surface area (Å²) in [5.74, 6) is 0.0450. The van der Waals surface area contributed by atoms with Gasteiger partial charge in [-0.3, -0.25) is 19.1 Å². The number of hydrogen-bond donors (Lipinski definition) is 1. The standard InChI is InChI=1S/C24H26N4O5/c1-4-5-11-19-26-22(29)20(23(30)27-13-15-8-7-12-25-16(15)14-27)24(31)28(19)21-17(32-2)9-6-10-18(21)33-3/h6-10,12,31H,4-5,11,13-14H2,1-3H3. The molecule has 0 unspecified atom stereocenters. The SMILES string of the molecule is CCCCc1nc(=O)c(C(=O)N2Cc3cccnc3C2)c(O)n1-c1c(OC)cccc1OC. The second kappa shape index (κ2) is 9.32. The van der Waals surface area contributed by atoms with Gasteiger partial charge in [-0.15, -0.1) is 0 Å².